The Balaban J connectivity index is 1.69. The van der Waals surface area contributed by atoms with Crippen LogP contribution in [0, 0.1) is 5.82 Å². The lowest BCUT2D eigenvalue weighted by atomic mass is 10.00. The van der Waals surface area contributed by atoms with Crippen molar-refractivity contribution in [1.82, 2.24) is 24.9 Å². The van der Waals surface area contributed by atoms with Crippen LogP contribution in [0.15, 0.2) is 24.5 Å². The van der Waals surface area contributed by atoms with Gasteiger partial charge in [0.2, 0.25) is 0 Å². The maximum absolute atomic E-state index is 14.0. The predicted octanol–water partition coefficient (Wildman–Crippen LogP) is 1.86. The Bertz CT molecular complexity index is 1080. The number of aryl methyl sites for hydroxylation is 1. The van der Waals surface area contributed by atoms with Gasteiger partial charge in [-0.25, -0.2) is 13.9 Å². The molecule has 1 atom stereocenters. The number of anilines is 2. The van der Waals surface area contributed by atoms with Gasteiger partial charge in [-0.1, -0.05) is 0 Å². The van der Waals surface area contributed by atoms with Crippen LogP contribution < -0.4 is 16.0 Å². The van der Waals surface area contributed by atoms with Gasteiger partial charge in [-0.3, -0.25) is 9.78 Å². The molecule has 3 aromatic heterocycles. The van der Waals surface area contributed by atoms with Crippen LogP contribution in [0.25, 0.3) is 5.65 Å². The van der Waals surface area contributed by atoms with Crippen molar-refractivity contribution in [3.8, 4) is 0 Å². The molecule has 3 N–H and O–H groups in total. The average Bonchev–Trinajstić information content (AvgIpc) is 3.28. The molecule has 8 nitrogen and oxygen atoms in total. The summed E-state index contributed by atoms with van der Waals surface area (Å²) in [6.07, 6.45) is 6.24. The summed E-state index contributed by atoms with van der Waals surface area (Å²) in [7, 11) is 0. The third kappa shape index (κ3) is 2.65. The predicted molar refractivity (Wildman–Crippen MR) is 102 cm³/mol. The summed E-state index contributed by atoms with van der Waals surface area (Å²) in [5, 5.41) is 7.09. The minimum atomic E-state index is -0.336. The fourth-order valence-corrected chi connectivity index (χ4v) is 4.21. The lowest BCUT2D eigenvalue weighted by Gasteiger charge is -2.27. The quantitative estimate of drug-likeness (QED) is 0.616. The standard InChI is InChI=1S/C19H20FN7O/c20-11-9-12-13(23-10-11)3-1-6-22-19(28)16-17(21)25-27-8-5-15(24-18(16)27)26-7-2-4-14(12)26/h5,8-10,14H,1-4,6-7H2,(H2,21,25)(H,22,28)/t14-/m1/s1. The first-order valence-electron chi connectivity index (χ1n) is 9.46. The maximum atomic E-state index is 14.0. The number of pyridine rings is 1. The molecule has 1 saturated heterocycles. The van der Waals surface area contributed by atoms with E-state index in [1.165, 1.54) is 10.7 Å². The zero-order valence-corrected chi connectivity index (χ0v) is 15.2. The number of nitrogens with zero attached hydrogens (tertiary/aromatic N) is 5. The maximum Gasteiger partial charge on any atom is 0.258 e. The molecule has 144 valence electrons. The summed E-state index contributed by atoms with van der Waals surface area (Å²) in [6, 6.07) is 3.44. The third-order valence-electron chi connectivity index (χ3n) is 5.48. The number of amides is 1. The molecule has 2 bridgehead atoms. The Morgan fingerprint density at radius 3 is 3.11 bits per heavy atom. The molecule has 0 unspecified atom stereocenters. The van der Waals surface area contributed by atoms with Crippen LogP contribution in [0.3, 0.4) is 0 Å². The van der Waals surface area contributed by atoms with Crippen LogP contribution in [-0.2, 0) is 6.42 Å². The minimum absolute atomic E-state index is 0.00119. The zero-order chi connectivity index (χ0) is 19.3. The van der Waals surface area contributed by atoms with Crippen molar-refractivity contribution in [3.05, 3.63) is 47.2 Å². The van der Waals surface area contributed by atoms with E-state index in [4.69, 9.17) is 10.7 Å². The molecule has 1 fully saturated rings. The Hall–Kier alpha value is -3.23. The molecule has 2 aliphatic heterocycles. The van der Waals surface area contributed by atoms with Gasteiger partial charge in [-0.05, 0) is 43.4 Å². The van der Waals surface area contributed by atoms with Crippen molar-refractivity contribution in [1.29, 1.82) is 0 Å². The van der Waals surface area contributed by atoms with Crippen LogP contribution in [0.2, 0.25) is 0 Å². The number of rotatable bonds is 0. The number of hydrogen-bond acceptors (Lipinski definition) is 6. The molecule has 0 saturated carbocycles. The Morgan fingerprint density at radius 1 is 1.32 bits per heavy atom. The van der Waals surface area contributed by atoms with E-state index in [2.05, 4.69) is 20.3 Å². The highest BCUT2D eigenvalue weighted by atomic mass is 19.1. The average molecular weight is 381 g/mol. The monoisotopic (exact) mass is 381 g/mol. The molecule has 0 aliphatic carbocycles. The van der Waals surface area contributed by atoms with Crippen LogP contribution in [0.4, 0.5) is 16.0 Å². The van der Waals surface area contributed by atoms with E-state index in [1.54, 1.807) is 12.3 Å². The normalized spacial score (nSPS) is 19.5. The fraction of sp³-hybridized carbons (Fsp3) is 0.368. The summed E-state index contributed by atoms with van der Waals surface area (Å²) in [5.74, 6) is 0.250. The number of halogens is 1. The van der Waals surface area contributed by atoms with Crippen LogP contribution in [0.1, 0.15) is 46.9 Å². The first-order chi connectivity index (χ1) is 13.6. The second-order valence-corrected chi connectivity index (χ2v) is 7.21. The van der Waals surface area contributed by atoms with Gasteiger partial charge >= 0.3 is 0 Å². The second-order valence-electron chi connectivity index (χ2n) is 7.21. The van der Waals surface area contributed by atoms with Crippen molar-refractivity contribution in [2.75, 3.05) is 23.7 Å². The molecule has 0 aromatic carbocycles. The Labute approximate surface area is 160 Å². The highest BCUT2D eigenvalue weighted by molar-refractivity contribution is 6.04. The topological polar surface area (TPSA) is 101 Å². The van der Waals surface area contributed by atoms with Crippen molar-refractivity contribution in [3.63, 3.8) is 0 Å². The number of nitrogens with one attached hydrogen (secondary N) is 1. The summed E-state index contributed by atoms with van der Waals surface area (Å²) < 4.78 is 15.5. The van der Waals surface area contributed by atoms with E-state index in [-0.39, 0.29) is 23.6 Å². The number of carbonyl (C=O) groups excluding carboxylic acids is 1. The largest absolute Gasteiger partial charge is 0.381 e. The number of fused-ring (bicyclic) bond motifs is 5. The molecule has 5 heterocycles. The fourth-order valence-electron chi connectivity index (χ4n) is 4.21. The lowest BCUT2D eigenvalue weighted by Crippen LogP contribution is -2.25. The number of hydrogen-bond donors (Lipinski definition) is 2. The molecule has 9 heteroatoms. The molecular weight excluding hydrogens is 361 g/mol. The Kier molecular flexibility index (Phi) is 3.88. The van der Waals surface area contributed by atoms with Crippen molar-refractivity contribution >= 4 is 23.2 Å². The molecule has 2 aliphatic rings. The third-order valence-corrected chi connectivity index (χ3v) is 5.48. The van der Waals surface area contributed by atoms with Gasteiger partial charge in [-0.15, -0.1) is 5.10 Å². The van der Waals surface area contributed by atoms with Gasteiger partial charge in [0.25, 0.3) is 5.91 Å². The zero-order valence-electron chi connectivity index (χ0n) is 15.2. The number of nitrogens with two attached hydrogens (primary N) is 1. The van der Waals surface area contributed by atoms with Gasteiger partial charge < -0.3 is 16.0 Å². The van der Waals surface area contributed by atoms with E-state index in [9.17, 15) is 9.18 Å². The summed E-state index contributed by atoms with van der Waals surface area (Å²) >= 11 is 0. The number of aromatic nitrogens is 4. The number of nitrogen functional groups attached to an aromatic ring is 1. The molecular formula is C19H20FN7O. The summed E-state index contributed by atoms with van der Waals surface area (Å²) in [6.45, 7) is 1.26. The summed E-state index contributed by atoms with van der Waals surface area (Å²) in [4.78, 5) is 23.9. The van der Waals surface area contributed by atoms with E-state index in [0.29, 0.717) is 30.6 Å². The molecule has 0 radical (unpaired) electrons. The number of carbonyl (C=O) groups is 1. The first kappa shape index (κ1) is 16.9. The van der Waals surface area contributed by atoms with Crippen molar-refractivity contribution in [2.45, 2.75) is 31.7 Å². The van der Waals surface area contributed by atoms with Crippen LogP contribution in [-0.4, -0.2) is 38.6 Å². The van der Waals surface area contributed by atoms with E-state index in [0.717, 1.165) is 36.5 Å². The van der Waals surface area contributed by atoms with Gasteiger partial charge in [0, 0.05) is 25.0 Å². The molecule has 0 spiro atoms. The lowest BCUT2D eigenvalue weighted by molar-refractivity contribution is 0.0955. The van der Waals surface area contributed by atoms with Gasteiger partial charge in [0.15, 0.2) is 11.5 Å². The van der Waals surface area contributed by atoms with Gasteiger partial charge in [-0.2, -0.15) is 0 Å². The molecule has 28 heavy (non-hydrogen) atoms. The van der Waals surface area contributed by atoms with Crippen molar-refractivity contribution < 1.29 is 9.18 Å². The second kappa shape index (κ2) is 6.43. The molecule has 3 aromatic rings. The Morgan fingerprint density at radius 2 is 2.21 bits per heavy atom. The molecule has 1 amide bonds. The highest BCUT2D eigenvalue weighted by Crippen LogP contribution is 2.37. The minimum Gasteiger partial charge on any atom is -0.381 e. The van der Waals surface area contributed by atoms with Crippen LogP contribution in [0.5, 0.6) is 0 Å². The van der Waals surface area contributed by atoms with E-state index >= 15 is 0 Å². The summed E-state index contributed by atoms with van der Waals surface area (Å²) in [5.41, 5.74) is 8.48. The first-order valence-corrected chi connectivity index (χ1v) is 9.46. The smallest absolute Gasteiger partial charge is 0.258 e. The van der Waals surface area contributed by atoms with E-state index in [1.807, 2.05) is 6.07 Å². The van der Waals surface area contributed by atoms with Crippen LogP contribution >= 0.6 is 0 Å². The SMILES string of the molecule is Nc1nn2ccc3nc2c1C(=O)NCCCc1ncc(F)cc1[C@H]1CCCN31. The van der Waals surface area contributed by atoms with E-state index < -0.39 is 0 Å². The van der Waals surface area contributed by atoms with Gasteiger partial charge in [0.05, 0.1) is 12.2 Å². The van der Waals surface area contributed by atoms with Gasteiger partial charge in [0.1, 0.15) is 17.2 Å². The van der Waals surface area contributed by atoms with Crippen molar-refractivity contribution in [2.24, 2.45) is 0 Å². The molecule has 5 rings (SSSR count). The highest BCUT2D eigenvalue weighted by Gasteiger charge is 2.31.